The number of hydrogen-bond donors (Lipinski definition) is 0. The van der Waals surface area contributed by atoms with Crippen molar-refractivity contribution in [1.29, 1.82) is 0 Å². The molecule has 5 rings (SSSR count). The SMILES string of the molecule is COc1c2c(cc3c1[C@H](c1nnnn1-c1ccc(C(=O)N(C)CC(OC)OC)cc1)N(C)CC3)OCO2. The Balaban J connectivity index is 1.47. The van der Waals surface area contributed by atoms with Crippen molar-refractivity contribution in [1.82, 2.24) is 30.0 Å². The number of hydrogen-bond acceptors (Lipinski definition) is 10. The summed E-state index contributed by atoms with van der Waals surface area (Å²) in [6.45, 7) is 1.26. The van der Waals surface area contributed by atoms with Crippen LogP contribution in [0, 0.1) is 0 Å². The van der Waals surface area contributed by atoms with Gasteiger partial charge in [0.1, 0.15) is 6.04 Å². The van der Waals surface area contributed by atoms with Crippen LogP contribution in [0.1, 0.15) is 33.4 Å². The normalized spacial score (nSPS) is 16.6. The van der Waals surface area contributed by atoms with Crippen LogP contribution in [0.25, 0.3) is 5.69 Å². The summed E-state index contributed by atoms with van der Waals surface area (Å²) in [5.74, 6) is 2.39. The van der Waals surface area contributed by atoms with Crippen molar-refractivity contribution in [3.05, 3.63) is 52.8 Å². The first-order valence-corrected chi connectivity index (χ1v) is 11.9. The first kappa shape index (κ1) is 24.9. The van der Waals surface area contributed by atoms with Gasteiger partial charge >= 0.3 is 0 Å². The van der Waals surface area contributed by atoms with Gasteiger partial charge in [-0.3, -0.25) is 9.69 Å². The lowest BCUT2D eigenvalue weighted by Crippen LogP contribution is -2.36. The van der Waals surface area contributed by atoms with Crippen LogP contribution in [0.4, 0.5) is 0 Å². The number of carbonyl (C=O) groups is 1. The zero-order chi connectivity index (χ0) is 26.1. The zero-order valence-electron chi connectivity index (χ0n) is 21.5. The molecule has 2 aliphatic heterocycles. The van der Waals surface area contributed by atoms with Crippen molar-refractivity contribution in [2.75, 3.05) is 55.3 Å². The molecule has 3 heterocycles. The Hall–Kier alpha value is -3.74. The quantitative estimate of drug-likeness (QED) is 0.415. The van der Waals surface area contributed by atoms with E-state index in [0.29, 0.717) is 35.2 Å². The van der Waals surface area contributed by atoms with Crippen LogP contribution in [0.2, 0.25) is 0 Å². The second-order valence-corrected chi connectivity index (χ2v) is 8.93. The molecule has 0 N–H and O–H groups in total. The number of ether oxygens (including phenoxy) is 5. The van der Waals surface area contributed by atoms with E-state index in [-0.39, 0.29) is 18.7 Å². The molecular weight excluding hydrogens is 480 g/mol. The maximum absolute atomic E-state index is 12.9. The molecule has 12 nitrogen and oxygen atoms in total. The second kappa shape index (κ2) is 10.3. The van der Waals surface area contributed by atoms with Gasteiger partial charge in [0.15, 0.2) is 23.6 Å². The van der Waals surface area contributed by atoms with Gasteiger partial charge in [0, 0.05) is 38.9 Å². The molecule has 1 aromatic heterocycles. The summed E-state index contributed by atoms with van der Waals surface area (Å²) in [7, 11) is 8.44. The van der Waals surface area contributed by atoms with Crippen LogP contribution in [-0.2, 0) is 15.9 Å². The molecule has 2 aliphatic rings. The third-order valence-electron chi connectivity index (χ3n) is 6.79. The van der Waals surface area contributed by atoms with Crippen LogP contribution in [-0.4, -0.2) is 97.5 Å². The summed E-state index contributed by atoms with van der Waals surface area (Å²) >= 11 is 0. The summed E-state index contributed by atoms with van der Waals surface area (Å²) in [5.41, 5.74) is 3.32. The van der Waals surface area contributed by atoms with Crippen molar-refractivity contribution in [3.63, 3.8) is 0 Å². The van der Waals surface area contributed by atoms with Gasteiger partial charge in [-0.15, -0.1) is 5.10 Å². The average Bonchev–Trinajstić information content (AvgIpc) is 3.60. The van der Waals surface area contributed by atoms with Gasteiger partial charge in [-0.05, 0) is 59.8 Å². The highest BCUT2D eigenvalue weighted by Gasteiger charge is 2.37. The van der Waals surface area contributed by atoms with E-state index in [4.69, 9.17) is 23.7 Å². The standard InChI is InChI=1S/C25H30N6O6/c1-29-11-10-16-12-18-22(37-14-36-18)23(35-5)20(16)21(29)24-26-27-28-31(24)17-8-6-15(7-9-17)25(32)30(2)13-19(33-3)34-4/h6-9,12,19,21H,10-11,13-14H2,1-5H3/t21-/m1/s1. The molecule has 0 saturated heterocycles. The van der Waals surface area contributed by atoms with Gasteiger partial charge in [-0.2, -0.15) is 4.68 Å². The van der Waals surface area contributed by atoms with Gasteiger partial charge in [0.05, 0.1) is 19.3 Å². The Morgan fingerprint density at radius 3 is 2.65 bits per heavy atom. The van der Waals surface area contributed by atoms with Crippen molar-refractivity contribution >= 4 is 5.91 Å². The Bertz CT molecular complexity index is 1280. The highest BCUT2D eigenvalue weighted by atomic mass is 16.7. The Morgan fingerprint density at radius 1 is 1.19 bits per heavy atom. The number of methoxy groups -OCH3 is 3. The summed E-state index contributed by atoms with van der Waals surface area (Å²) in [6.07, 6.45) is 0.330. The van der Waals surface area contributed by atoms with Crippen molar-refractivity contribution in [3.8, 4) is 22.9 Å². The molecule has 196 valence electrons. The summed E-state index contributed by atoms with van der Waals surface area (Å²) in [4.78, 5) is 16.6. The summed E-state index contributed by atoms with van der Waals surface area (Å²) in [6, 6.07) is 8.90. The minimum absolute atomic E-state index is 0.149. The van der Waals surface area contributed by atoms with E-state index in [1.54, 1.807) is 35.9 Å². The number of tetrazole rings is 1. The molecule has 12 heteroatoms. The average molecular weight is 511 g/mol. The maximum atomic E-state index is 12.9. The topological polar surface area (TPSA) is 113 Å². The third-order valence-corrected chi connectivity index (χ3v) is 6.79. The number of nitrogens with zero attached hydrogens (tertiary/aromatic N) is 6. The van der Waals surface area contributed by atoms with E-state index in [0.717, 1.165) is 29.8 Å². The minimum Gasteiger partial charge on any atom is -0.492 e. The smallest absolute Gasteiger partial charge is 0.253 e. The molecule has 1 atom stereocenters. The summed E-state index contributed by atoms with van der Waals surface area (Å²) < 4.78 is 29.2. The van der Waals surface area contributed by atoms with Crippen LogP contribution in [0.3, 0.4) is 0 Å². The fourth-order valence-electron chi connectivity index (χ4n) is 4.82. The van der Waals surface area contributed by atoms with Gasteiger partial charge in [0.2, 0.25) is 12.5 Å². The Morgan fingerprint density at radius 2 is 1.95 bits per heavy atom. The Kier molecular flexibility index (Phi) is 6.96. The third kappa shape index (κ3) is 4.47. The Labute approximate surface area is 214 Å². The molecule has 0 fully saturated rings. The number of likely N-dealkylation sites (N-methyl/N-ethyl adjacent to an activating group) is 2. The number of fused-ring (bicyclic) bond motifs is 2. The second-order valence-electron chi connectivity index (χ2n) is 8.93. The number of aromatic nitrogens is 4. The lowest BCUT2D eigenvalue weighted by molar-refractivity contribution is -0.110. The molecule has 37 heavy (non-hydrogen) atoms. The molecule has 0 aliphatic carbocycles. The van der Waals surface area contributed by atoms with E-state index < -0.39 is 6.29 Å². The predicted molar refractivity (Wildman–Crippen MR) is 131 cm³/mol. The van der Waals surface area contributed by atoms with Gasteiger partial charge in [-0.1, -0.05) is 0 Å². The fourth-order valence-corrected chi connectivity index (χ4v) is 4.82. The number of amides is 1. The highest BCUT2D eigenvalue weighted by Crippen LogP contribution is 2.50. The lowest BCUT2D eigenvalue weighted by atomic mass is 9.90. The van der Waals surface area contributed by atoms with Crippen LogP contribution in [0.5, 0.6) is 17.2 Å². The molecule has 2 aromatic carbocycles. The minimum atomic E-state index is -0.498. The van der Waals surface area contributed by atoms with E-state index >= 15 is 0 Å². The largest absolute Gasteiger partial charge is 0.492 e. The molecular formula is C25H30N6O6. The zero-order valence-corrected chi connectivity index (χ0v) is 21.5. The van der Waals surface area contributed by atoms with Crippen molar-refractivity contribution in [2.45, 2.75) is 18.8 Å². The van der Waals surface area contributed by atoms with Gasteiger partial charge in [-0.25, -0.2) is 0 Å². The molecule has 0 radical (unpaired) electrons. The summed E-state index contributed by atoms with van der Waals surface area (Å²) in [5, 5.41) is 12.7. The van der Waals surface area contributed by atoms with Crippen molar-refractivity contribution < 1.29 is 28.5 Å². The molecule has 3 aromatic rings. The first-order valence-electron chi connectivity index (χ1n) is 11.9. The predicted octanol–water partition coefficient (Wildman–Crippen LogP) is 1.67. The van der Waals surface area contributed by atoms with Crippen LogP contribution in [0.15, 0.2) is 30.3 Å². The number of rotatable bonds is 8. The van der Waals surface area contributed by atoms with Gasteiger partial charge in [0.25, 0.3) is 5.91 Å². The van der Waals surface area contributed by atoms with Gasteiger partial charge < -0.3 is 28.6 Å². The first-order chi connectivity index (χ1) is 18.0. The van der Waals surface area contributed by atoms with E-state index in [2.05, 4.69) is 20.4 Å². The van der Waals surface area contributed by atoms with E-state index in [1.807, 2.05) is 25.2 Å². The molecule has 0 spiro atoms. The van der Waals surface area contributed by atoms with E-state index in [1.165, 1.54) is 14.2 Å². The molecule has 1 amide bonds. The molecule has 0 unspecified atom stereocenters. The van der Waals surface area contributed by atoms with E-state index in [9.17, 15) is 4.79 Å². The van der Waals surface area contributed by atoms with Crippen LogP contribution >= 0.6 is 0 Å². The van der Waals surface area contributed by atoms with Crippen LogP contribution < -0.4 is 14.2 Å². The number of benzene rings is 2. The fraction of sp³-hybridized carbons (Fsp3) is 0.440. The van der Waals surface area contributed by atoms with Crippen molar-refractivity contribution in [2.24, 2.45) is 0 Å². The molecule has 0 saturated carbocycles. The number of carbonyl (C=O) groups excluding carboxylic acids is 1. The lowest BCUT2D eigenvalue weighted by Gasteiger charge is -2.34. The highest BCUT2D eigenvalue weighted by molar-refractivity contribution is 5.94. The monoisotopic (exact) mass is 510 g/mol. The molecule has 0 bridgehead atoms. The maximum Gasteiger partial charge on any atom is 0.253 e.